The fraction of sp³-hybridized carbons (Fsp3) is 0.188. The maximum atomic E-state index is 6.22. The highest BCUT2D eigenvalue weighted by atomic mass is 35.5. The molecule has 0 saturated heterocycles. The molecule has 0 atom stereocenters. The second-order valence-corrected chi connectivity index (χ2v) is 5.78. The van der Waals surface area contributed by atoms with E-state index >= 15 is 0 Å². The van der Waals surface area contributed by atoms with Crippen LogP contribution in [-0.4, -0.2) is 20.1 Å². The van der Waals surface area contributed by atoms with Crippen molar-refractivity contribution in [2.45, 2.75) is 20.8 Å². The Morgan fingerprint density at radius 2 is 1.95 bits per heavy atom. The zero-order chi connectivity index (χ0) is 15.4. The fourth-order valence-corrected chi connectivity index (χ4v) is 3.22. The number of hydrogen-bond donors (Lipinski definition) is 1. The van der Waals surface area contributed by atoms with Crippen LogP contribution in [0, 0.1) is 20.8 Å². The van der Waals surface area contributed by atoms with Crippen LogP contribution >= 0.6 is 11.6 Å². The van der Waals surface area contributed by atoms with Crippen LogP contribution in [0.5, 0.6) is 0 Å². The summed E-state index contributed by atoms with van der Waals surface area (Å²) in [5.74, 6) is 0.814. The van der Waals surface area contributed by atoms with Gasteiger partial charge < -0.3 is 9.51 Å². The lowest BCUT2D eigenvalue weighted by molar-refractivity contribution is 0.393. The summed E-state index contributed by atoms with van der Waals surface area (Å²) in [7, 11) is 0. The normalized spacial score (nSPS) is 11.6. The zero-order valence-corrected chi connectivity index (χ0v) is 13.1. The molecule has 0 aliphatic heterocycles. The summed E-state index contributed by atoms with van der Waals surface area (Å²) < 4.78 is 5.29. The Hall–Kier alpha value is -2.40. The van der Waals surface area contributed by atoms with E-state index in [-0.39, 0.29) is 0 Å². The lowest BCUT2D eigenvalue weighted by Crippen LogP contribution is -1.87. The molecule has 6 heteroatoms. The predicted octanol–water partition coefficient (Wildman–Crippen LogP) is 4.34. The van der Waals surface area contributed by atoms with Crippen LogP contribution in [0.2, 0.25) is 5.15 Å². The molecular formula is C16H13ClN4O. The molecule has 1 aromatic carbocycles. The summed E-state index contributed by atoms with van der Waals surface area (Å²) >= 11 is 6.22. The molecule has 5 nitrogen and oxygen atoms in total. The number of H-pyrrole nitrogens is 1. The summed E-state index contributed by atoms with van der Waals surface area (Å²) in [5.41, 5.74) is 5.86. The van der Waals surface area contributed by atoms with Gasteiger partial charge in [0.05, 0.1) is 11.1 Å². The molecule has 0 fully saturated rings. The Morgan fingerprint density at radius 3 is 2.68 bits per heavy atom. The lowest BCUT2D eigenvalue weighted by atomic mass is 9.97. The van der Waals surface area contributed by atoms with Gasteiger partial charge in [0.25, 0.3) is 0 Å². The summed E-state index contributed by atoms with van der Waals surface area (Å²) in [5, 5.41) is 6.38. The molecule has 3 aromatic heterocycles. The molecule has 4 rings (SSSR count). The quantitative estimate of drug-likeness (QED) is 0.531. The number of benzene rings is 1. The number of nitrogens with zero attached hydrogens (tertiary/aromatic N) is 3. The molecule has 0 aliphatic rings. The van der Waals surface area contributed by atoms with E-state index in [0.29, 0.717) is 5.15 Å². The minimum absolute atomic E-state index is 0.459. The number of hydrogen-bond acceptors (Lipinski definition) is 4. The van der Waals surface area contributed by atoms with Crippen LogP contribution in [0.1, 0.15) is 17.0 Å². The van der Waals surface area contributed by atoms with E-state index in [2.05, 4.69) is 39.2 Å². The highest BCUT2D eigenvalue weighted by Crippen LogP contribution is 2.36. The Labute approximate surface area is 131 Å². The minimum Gasteiger partial charge on any atom is -0.361 e. The Bertz CT molecular complexity index is 1010. The monoisotopic (exact) mass is 312 g/mol. The minimum atomic E-state index is 0.459. The largest absolute Gasteiger partial charge is 0.361 e. The van der Waals surface area contributed by atoms with Crippen molar-refractivity contribution in [1.82, 2.24) is 20.1 Å². The summed E-state index contributed by atoms with van der Waals surface area (Å²) in [4.78, 5) is 11.6. The molecule has 0 aliphatic carbocycles. The van der Waals surface area contributed by atoms with Gasteiger partial charge in [0.15, 0.2) is 0 Å². The number of nitrogens with one attached hydrogen (secondary N) is 1. The highest BCUT2D eigenvalue weighted by Gasteiger charge is 2.17. The standard InChI is InChI=1S/C16H13ClN4O/c1-7-4-11-12(20-16-14(11)15(17)18-6-19-16)5-10(7)13-8(2)21-22-9(13)3/h4-6H,1-3H3,(H,18,19,20). The molecule has 110 valence electrons. The van der Waals surface area contributed by atoms with Crippen LogP contribution in [0.3, 0.4) is 0 Å². The van der Waals surface area contributed by atoms with Crippen LogP contribution in [-0.2, 0) is 0 Å². The van der Waals surface area contributed by atoms with Gasteiger partial charge in [0.2, 0.25) is 0 Å². The van der Waals surface area contributed by atoms with Crippen molar-refractivity contribution in [3.05, 3.63) is 40.6 Å². The Balaban J connectivity index is 2.10. The topological polar surface area (TPSA) is 67.6 Å². The van der Waals surface area contributed by atoms with Gasteiger partial charge in [-0.1, -0.05) is 16.8 Å². The number of aryl methyl sites for hydroxylation is 3. The van der Waals surface area contributed by atoms with E-state index in [1.807, 2.05) is 13.8 Å². The summed E-state index contributed by atoms with van der Waals surface area (Å²) in [6, 6.07) is 4.19. The molecule has 0 amide bonds. The van der Waals surface area contributed by atoms with E-state index in [1.54, 1.807) is 0 Å². The fourth-order valence-electron chi connectivity index (χ4n) is 2.98. The van der Waals surface area contributed by atoms with E-state index in [9.17, 15) is 0 Å². The van der Waals surface area contributed by atoms with Crippen molar-refractivity contribution in [2.75, 3.05) is 0 Å². The number of halogens is 1. The molecule has 1 N–H and O–H groups in total. The van der Waals surface area contributed by atoms with Crippen LogP contribution in [0.25, 0.3) is 33.1 Å². The Morgan fingerprint density at radius 1 is 1.14 bits per heavy atom. The number of rotatable bonds is 1. The third kappa shape index (κ3) is 1.75. The first-order chi connectivity index (χ1) is 10.6. The van der Waals surface area contributed by atoms with Gasteiger partial charge in [-0.05, 0) is 44.0 Å². The van der Waals surface area contributed by atoms with Crippen molar-refractivity contribution in [3.8, 4) is 11.1 Å². The lowest BCUT2D eigenvalue weighted by Gasteiger charge is -2.06. The molecule has 0 unspecified atom stereocenters. The van der Waals surface area contributed by atoms with Gasteiger partial charge in [-0.2, -0.15) is 0 Å². The van der Waals surface area contributed by atoms with Crippen molar-refractivity contribution in [2.24, 2.45) is 0 Å². The molecule has 0 bridgehead atoms. The van der Waals surface area contributed by atoms with E-state index in [0.717, 1.165) is 50.1 Å². The Kier molecular flexibility index (Phi) is 2.74. The zero-order valence-electron chi connectivity index (χ0n) is 12.4. The summed E-state index contributed by atoms with van der Waals surface area (Å²) in [6.07, 6.45) is 1.46. The highest BCUT2D eigenvalue weighted by molar-refractivity contribution is 6.36. The van der Waals surface area contributed by atoms with E-state index in [1.165, 1.54) is 6.33 Å². The molecular weight excluding hydrogens is 300 g/mol. The molecule has 4 aromatic rings. The third-order valence-electron chi connectivity index (χ3n) is 3.99. The predicted molar refractivity (Wildman–Crippen MR) is 86.1 cm³/mol. The van der Waals surface area contributed by atoms with Crippen LogP contribution in [0.4, 0.5) is 0 Å². The first-order valence-electron chi connectivity index (χ1n) is 6.92. The van der Waals surface area contributed by atoms with Gasteiger partial charge in [-0.25, -0.2) is 9.97 Å². The SMILES string of the molecule is Cc1cc2c(cc1-c1c(C)noc1C)[nH]c1ncnc(Cl)c12. The average Bonchev–Trinajstić information content (AvgIpc) is 2.99. The van der Waals surface area contributed by atoms with Gasteiger partial charge in [-0.3, -0.25) is 0 Å². The van der Waals surface area contributed by atoms with Gasteiger partial charge >= 0.3 is 0 Å². The van der Waals surface area contributed by atoms with Crippen molar-refractivity contribution >= 4 is 33.5 Å². The van der Waals surface area contributed by atoms with Crippen LogP contribution < -0.4 is 0 Å². The smallest absolute Gasteiger partial charge is 0.143 e. The second kappa shape index (κ2) is 4.55. The molecule has 0 radical (unpaired) electrons. The third-order valence-corrected chi connectivity index (χ3v) is 4.28. The summed E-state index contributed by atoms with van der Waals surface area (Å²) in [6.45, 7) is 5.94. The number of fused-ring (bicyclic) bond motifs is 3. The van der Waals surface area contributed by atoms with Crippen molar-refractivity contribution in [3.63, 3.8) is 0 Å². The molecule has 3 heterocycles. The van der Waals surface area contributed by atoms with Gasteiger partial charge in [-0.15, -0.1) is 0 Å². The first-order valence-corrected chi connectivity index (χ1v) is 7.30. The van der Waals surface area contributed by atoms with Crippen LogP contribution in [0.15, 0.2) is 23.0 Å². The number of aromatic amines is 1. The first kappa shape index (κ1) is 13.3. The van der Waals surface area contributed by atoms with E-state index in [4.69, 9.17) is 16.1 Å². The van der Waals surface area contributed by atoms with E-state index < -0.39 is 0 Å². The maximum Gasteiger partial charge on any atom is 0.143 e. The molecule has 22 heavy (non-hydrogen) atoms. The second-order valence-electron chi connectivity index (χ2n) is 5.42. The molecule has 0 saturated carbocycles. The van der Waals surface area contributed by atoms with Gasteiger partial charge in [0.1, 0.15) is 22.9 Å². The van der Waals surface area contributed by atoms with Crippen molar-refractivity contribution in [1.29, 1.82) is 0 Å². The number of aromatic nitrogens is 4. The maximum absolute atomic E-state index is 6.22. The van der Waals surface area contributed by atoms with Gasteiger partial charge in [0, 0.05) is 16.5 Å². The molecule has 0 spiro atoms. The van der Waals surface area contributed by atoms with Crippen molar-refractivity contribution < 1.29 is 4.52 Å². The average molecular weight is 313 g/mol.